The van der Waals surface area contributed by atoms with Gasteiger partial charge in [-0.05, 0) is 45.0 Å². The summed E-state index contributed by atoms with van der Waals surface area (Å²) in [6.07, 6.45) is 0. The standard InChI is InChI=1S/C19H19ClN2/c1-19(2,3)22-18-12-17(13-7-5-4-6-8-13)21-16-10-9-14(20)11-15(16)18/h4-12H,1-3H3,(H,21,22). The van der Waals surface area contributed by atoms with E-state index in [1.165, 1.54) is 0 Å². The van der Waals surface area contributed by atoms with E-state index in [0.29, 0.717) is 0 Å². The molecule has 0 radical (unpaired) electrons. The number of hydrogen-bond donors (Lipinski definition) is 1. The number of benzene rings is 2. The van der Waals surface area contributed by atoms with Gasteiger partial charge in [-0.2, -0.15) is 0 Å². The lowest BCUT2D eigenvalue weighted by Gasteiger charge is -2.24. The van der Waals surface area contributed by atoms with Gasteiger partial charge < -0.3 is 5.32 Å². The highest BCUT2D eigenvalue weighted by molar-refractivity contribution is 6.31. The lowest BCUT2D eigenvalue weighted by atomic mass is 10.0. The van der Waals surface area contributed by atoms with E-state index >= 15 is 0 Å². The van der Waals surface area contributed by atoms with E-state index in [1.807, 2.05) is 36.4 Å². The van der Waals surface area contributed by atoms with Crippen LogP contribution < -0.4 is 5.32 Å². The van der Waals surface area contributed by atoms with Gasteiger partial charge in [-0.25, -0.2) is 4.98 Å². The number of nitrogens with one attached hydrogen (secondary N) is 1. The summed E-state index contributed by atoms with van der Waals surface area (Å²) in [6.45, 7) is 6.43. The number of hydrogen-bond acceptors (Lipinski definition) is 2. The van der Waals surface area contributed by atoms with Crippen molar-refractivity contribution in [1.29, 1.82) is 0 Å². The molecule has 0 aliphatic carbocycles. The van der Waals surface area contributed by atoms with E-state index in [1.54, 1.807) is 0 Å². The van der Waals surface area contributed by atoms with Gasteiger partial charge in [0.15, 0.2) is 0 Å². The van der Waals surface area contributed by atoms with Crippen LogP contribution in [0.5, 0.6) is 0 Å². The quantitative estimate of drug-likeness (QED) is 0.650. The summed E-state index contributed by atoms with van der Waals surface area (Å²) in [6, 6.07) is 18.1. The molecule has 3 heteroatoms. The normalized spacial score (nSPS) is 11.6. The van der Waals surface area contributed by atoms with Crippen LogP contribution in [0.15, 0.2) is 54.6 Å². The van der Waals surface area contributed by atoms with Crippen molar-refractivity contribution in [1.82, 2.24) is 4.98 Å². The van der Waals surface area contributed by atoms with Crippen molar-refractivity contribution in [2.75, 3.05) is 5.32 Å². The van der Waals surface area contributed by atoms with Gasteiger partial charge >= 0.3 is 0 Å². The Kier molecular flexibility index (Phi) is 3.79. The maximum absolute atomic E-state index is 6.16. The SMILES string of the molecule is CC(C)(C)Nc1cc(-c2ccccc2)nc2ccc(Cl)cc12. The topological polar surface area (TPSA) is 24.9 Å². The average molecular weight is 311 g/mol. The largest absolute Gasteiger partial charge is 0.380 e. The predicted octanol–water partition coefficient (Wildman–Crippen LogP) is 5.77. The third-order valence-electron chi connectivity index (χ3n) is 3.35. The van der Waals surface area contributed by atoms with Crippen LogP contribution in [0.25, 0.3) is 22.2 Å². The Labute approximate surface area is 136 Å². The summed E-state index contributed by atoms with van der Waals surface area (Å²) in [7, 11) is 0. The van der Waals surface area contributed by atoms with E-state index in [2.05, 4.69) is 44.3 Å². The summed E-state index contributed by atoms with van der Waals surface area (Å²) in [5, 5.41) is 5.33. The fourth-order valence-corrected chi connectivity index (χ4v) is 2.63. The number of fused-ring (bicyclic) bond motifs is 1. The van der Waals surface area contributed by atoms with E-state index in [0.717, 1.165) is 32.9 Å². The molecule has 3 rings (SSSR count). The van der Waals surface area contributed by atoms with E-state index in [4.69, 9.17) is 16.6 Å². The Balaban J connectivity index is 2.22. The predicted molar refractivity (Wildman–Crippen MR) is 95.6 cm³/mol. The molecule has 0 saturated carbocycles. The van der Waals surface area contributed by atoms with Crippen LogP contribution in [-0.2, 0) is 0 Å². The smallest absolute Gasteiger partial charge is 0.0731 e. The molecule has 0 amide bonds. The Hall–Kier alpha value is -2.06. The maximum Gasteiger partial charge on any atom is 0.0731 e. The van der Waals surface area contributed by atoms with E-state index in [-0.39, 0.29) is 5.54 Å². The second-order valence-electron chi connectivity index (χ2n) is 6.46. The van der Waals surface area contributed by atoms with Crippen LogP contribution in [0.4, 0.5) is 5.69 Å². The molecule has 1 N–H and O–H groups in total. The highest BCUT2D eigenvalue weighted by Gasteiger charge is 2.14. The zero-order chi connectivity index (χ0) is 15.7. The van der Waals surface area contributed by atoms with Crippen LogP contribution in [-0.4, -0.2) is 10.5 Å². The first-order chi connectivity index (χ1) is 10.4. The molecular weight excluding hydrogens is 292 g/mol. The first kappa shape index (κ1) is 14.9. The molecule has 2 nitrogen and oxygen atoms in total. The van der Waals surface area contributed by atoms with Crippen molar-refractivity contribution in [2.45, 2.75) is 26.3 Å². The number of pyridine rings is 1. The minimum atomic E-state index is -0.0371. The fourth-order valence-electron chi connectivity index (χ4n) is 2.46. The Morgan fingerprint density at radius 2 is 1.68 bits per heavy atom. The van der Waals surface area contributed by atoms with Gasteiger partial charge in [-0.3, -0.25) is 0 Å². The van der Waals surface area contributed by atoms with E-state index in [9.17, 15) is 0 Å². The first-order valence-corrected chi connectivity index (χ1v) is 7.74. The van der Waals surface area contributed by atoms with Crippen LogP contribution in [0.3, 0.4) is 0 Å². The number of nitrogens with zero attached hydrogens (tertiary/aromatic N) is 1. The monoisotopic (exact) mass is 310 g/mol. The Bertz CT molecular complexity index is 805. The number of halogens is 1. The zero-order valence-electron chi connectivity index (χ0n) is 13.0. The minimum Gasteiger partial charge on any atom is -0.380 e. The average Bonchev–Trinajstić information content (AvgIpc) is 2.47. The minimum absolute atomic E-state index is 0.0371. The molecule has 0 fully saturated rings. The number of aromatic nitrogens is 1. The van der Waals surface area contributed by atoms with Crippen molar-refractivity contribution >= 4 is 28.2 Å². The summed E-state index contributed by atoms with van der Waals surface area (Å²) in [5.41, 5.74) is 4.03. The Morgan fingerprint density at radius 3 is 2.36 bits per heavy atom. The van der Waals surface area contributed by atoms with Gasteiger partial charge in [0.05, 0.1) is 11.2 Å². The zero-order valence-corrected chi connectivity index (χ0v) is 13.8. The molecule has 1 heterocycles. The second kappa shape index (κ2) is 5.62. The van der Waals surface area contributed by atoms with Crippen molar-refractivity contribution in [3.05, 3.63) is 59.6 Å². The summed E-state index contributed by atoms with van der Waals surface area (Å²) in [5.74, 6) is 0. The molecule has 1 aromatic heterocycles. The molecule has 0 spiro atoms. The Morgan fingerprint density at radius 1 is 0.955 bits per heavy atom. The third kappa shape index (κ3) is 3.23. The van der Waals surface area contributed by atoms with Gasteiger partial charge in [0, 0.05) is 27.2 Å². The molecular formula is C19H19ClN2. The van der Waals surface area contributed by atoms with Crippen molar-refractivity contribution in [2.24, 2.45) is 0 Å². The summed E-state index contributed by atoms with van der Waals surface area (Å²) >= 11 is 6.16. The molecule has 22 heavy (non-hydrogen) atoms. The summed E-state index contributed by atoms with van der Waals surface area (Å²) < 4.78 is 0. The molecule has 0 bridgehead atoms. The lowest BCUT2D eigenvalue weighted by molar-refractivity contribution is 0.635. The molecule has 3 aromatic rings. The van der Waals surface area contributed by atoms with E-state index < -0.39 is 0 Å². The highest BCUT2D eigenvalue weighted by Crippen LogP contribution is 2.31. The number of rotatable bonds is 2. The van der Waals surface area contributed by atoms with Crippen molar-refractivity contribution in [3.63, 3.8) is 0 Å². The molecule has 0 aliphatic heterocycles. The maximum atomic E-state index is 6.16. The molecule has 0 saturated heterocycles. The van der Waals surface area contributed by atoms with Gasteiger partial charge in [0.25, 0.3) is 0 Å². The van der Waals surface area contributed by atoms with Gasteiger partial charge in [0.1, 0.15) is 0 Å². The molecule has 0 unspecified atom stereocenters. The van der Waals surface area contributed by atoms with Gasteiger partial charge in [-0.1, -0.05) is 41.9 Å². The van der Waals surface area contributed by atoms with Gasteiger partial charge in [0.2, 0.25) is 0 Å². The third-order valence-corrected chi connectivity index (χ3v) is 3.59. The van der Waals surface area contributed by atoms with Crippen molar-refractivity contribution in [3.8, 4) is 11.3 Å². The second-order valence-corrected chi connectivity index (χ2v) is 6.89. The van der Waals surface area contributed by atoms with Crippen molar-refractivity contribution < 1.29 is 0 Å². The van der Waals surface area contributed by atoms with Crippen LogP contribution in [0.2, 0.25) is 5.02 Å². The molecule has 2 aromatic carbocycles. The molecule has 112 valence electrons. The van der Waals surface area contributed by atoms with Gasteiger partial charge in [-0.15, -0.1) is 0 Å². The fraction of sp³-hybridized carbons (Fsp3) is 0.211. The molecule has 0 aliphatic rings. The van der Waals surface area contributed by atoms with Crippen LogP contribution in [0.1, 0.15) is 20.8 Å². The lowest BCUT2D eigenvalue weighted by Crippen LogP contribution is -2.26. The summed E-state index contributed by atoms with van der Waals surface area (Å²) in [4.78, 5) is 4.78. The van der Waals surface area contributed by atoms with Crippen LogP contribution in [0, 0.1) is 0 Å². The number of anilines is 1. The molecule has 0 atom stereocenters. The van der Waals surface area contributed by atoms with Crippen LogP contribution >= 0.6 is 11.6 Å². The highest BCUT2D eigenvalue weighted by atomic mass is 35.5. The first-order valence-electron chi connectivity index (χ1n) is 7.36.